The van der Waals surface area contributed by atoms with Crippen molar-refractivity contribution < 1.29 is 4.79 Å². The predicted molar refractivity (Wildman–Crippen MR) is 132 cm³/mol. The topological polar surface area (TPSA) is 65.8 Å². The van der Waals surface area contributed by atoms with Crippen molar-refractivity contribution >= 4 is 17.7 Å². The number of carbonyl (C=O) groups excluding carboxylic acids is 1. The SMILES string of the molecule is CCCC1CCC2C(CCC3(C)C(C(=O)CNc4cccnc4C=N)CCC23)C1CCC. The van der Waals surface area contributed by atoms with Crippen molar-refractivity contribution in [3.8, 4) is 0 Å². The Morgan fingerprint density at radius 2 is 1.97 bits per heavy atom. The van der Waals surface area contributed by atoms with Gasteiger partial charge in [-0.15, -0.1) is 0 Å². The van der Waals surface area contributed by atoms with E-state index in [4.69, 9.17) is 5.41 Å². The van der Waals surface area contributed by atoms with Crippen molar-refractivity contribution in [1.82, 2.24) is 4.98 Å². The number of Topliss-reactive ketones (excluding diaryl/α,β-unsaturated/α-hetero) is 1. The van der Waals surface area contributed by atoms with Gasteiger partial charge < -0.3 is 10.7 Å². The molecule has 2 N–H and O–H groups in total. The van der Waals surface area contributed by atoms with E-state index in [1.54, 1.807) is 6.20 Å². The predicted octanol–water partition coefficient (Wildman–Crippen LogP) is 6.75. The molecule has 0 aromatic carbocycles. The van der Waals surface area contributed by atoms with E-state index in [-0.39, 0.29) is 11.3 Å². The van der Waals surface area contributed by atoms with E-state index in [2.05, 4.69) is 31.1 Å². The average molecular weight is 438 g/mol. The highest BCUT2D eigenvalue weighted by Gasteiger charge is 2.57. The summed E-state index contributed by atoms with van der Waals surface area (Å²) in [5, 5.41) is 10.8. The van der Waals surface area contributed by atoms with Crippen LogP contribution in [0.25, 0.3) is 0 Å². The van der Waals surface area contributed by atoms with E-state index in [1.807, 2.05) is 12.1 Å². The van der Waals surface area contributed by atoms with Gasteiger partial charge in [0.2, 0.25) is 0 Å². The van der Waals surface area contributed by atoms with Gasteiger partial charge in [0.1, 0.15) is 5.69 Å². The first-order valence-corrected chi connectivity index (χ1v) is 13.3. The lowest BCUT2D eigenvalue weighted by atomic mass is 9.50. The molecular weight excluding hydrogens is 394 g/mol. The first kappa shape index (κ1) is 23.4. The molecule has 4 nitrogen and oxygen atoms in total. The minimum absolute atomic E-state index is 0.174. The standard InChI is InChI=1S/C28H43N3O/c1-4-7-19-10-11-22-21(20(19)8-5-2)14-15-28(3)23(22)12-13-24(28)27(32)18-31-25-9-6-16-30-26(25)17-29/h6,9,16-17,19-24,29,31H,4-5,7-8,10-15,18H2,1-3H3. The van der Waals surface area contributed by atoms with Crippen LogP contribution in [0.1, 0.15) is 90.7 Å². The van der Waals surface area contributed by atoms with E-state index in [0.29, 0.717) is 18.0 Å². The zero-order valence-corrected chi connectivity index (χ0v) is 20.4. The first-order valence-electron chi connectivity index (χ1n) is 13.3. The van der Waals surface area contributed by atoms with Gasteiger partial charge in [0.05, 0.1) is 12.2 Å². The molecule has 0 spiro atoms. The Labute approximate surface area is 194 Å². The number of hydrogen-bond donors (Lipinski definition) is 2. The monoisotopic (exact) mass is 437 g/mol. The maximum atomic E-state index is 13.4. The minimum atomic E-state index is 0.174. The van der Waals surface area contributed by atoms with Gasteiger partial charge in [-0.1, -0.05) is 46.5 Å². The fraction of sp³-hybridized carbons (Fsp3) is 0.750. The number of anilines is 1. The second-order valence-corrected chi connectivity index (χ2v) is 11.1. The van der Waals surface area contributed by atoms with Crippen LogP contribution in [0.2, 0.25) is 0 Å². The Kier molecular flexibility index (Phi) is 7.37. The van der Waals surface area contributed by atoms with Gasteiger partial charge in [0.25, 0.3) is 0 Å². The Morgan fingerprint density at radius 1 is 1.16 bits per heavy atom. The molecule has 0 bridgehead atoms. The third kappa shape index (κ3) is 4.26. The number of fused-ring (bicyclic) bond motifs is 3. The molecule has 0 radical (unpaired) electrons. The second-order valence-electron chi connectivity index (χ2n) is 11.1. The van der Waals surface area contributed by atoms with Crippen LogP contribution in [0.5, 0.6) is 0 Å². The van der Waals surface area contributed by atoms with E-state index in [1.165, 1.54) is 64.0 Å². The summed E-state index contributed by atoms with van der Waals surface area (Å²) in [5.74, 6) is 4.87. The van der Waals surface area contributed by atoms with Crippen LogP contribution in [-0.2, 0) is 4.79 Å². The molecule has 1 heterocycles. The highest BCUT2D eigenvalue weighted by atomic mass is 16.1. The largest absolute Gasteiger partial charge is 0.376 e. The molecule has 1 aromatic heterocycles. The van der Waals surface area contributed by atoms with Crippen molar-refractivity contribution in [2.24, 2.45) is 40.9 Å². The Balaban J connectivity index is 1.45. The van der Waals surface area contributed by atoms with Gasteiger partial charge in [0.15, 0.2) is 5.78 Å². The van der Waals surface area contributed by atoms with E-state index >= 15 is 0 Å². The van der Waals surface area contributed by atoms with Gasteiger partial charge >= 0.3 is 0 Å². The second kappa shape index (κ2) is 10.1. The summed E-state index contributed by atoms with van der Waals surface area (Å²) >= 11 is 0. The molecular formula is C28H43N3O. The van der Waals surface area contributed by atoms with Crippen molar-refractivity contribution in [3.05, 3.63) is 24.0 Å². The fourth-order valence-corrected chi connectivity index (χ4v) is 8.26. The molecule has 32 heavy (non-hydrogen) atoms. The number of aromatic nitrogens is 1. The molecule has 7 atom stereocenters. The number of nitrogens with one attached hydrogen (secondary N) is 2. The molecule has 0 aliphatic heterocycles. The molecule has 3 aliphatic rings. The lowest BCUT2D eigenvalue weighted by Gasteiger charge is -2.54. The van der Waals surface area contributed by atoms with Crippen molar-refractivity contribution in [1.29, 1.82) is 5.41 Å². The van der Waals surface area contributed by atoms with Crippen molar-refractivity contribution in [3.63, 3.8) is 0 Å². The van der Waals surface area contributed by atoms with Crippen LogP contribution in [0.3, 0.4) is 0 Å². The maximum absolute atomic E-state index is 13.4. The summed E-state index contributed by atoms with van der Waals surface area (Å²) in [7, 11) is 0. The smallest absolute Gasteiger partial charge is 0.155 e. The van der Waals surface area contributed by atoms with Crippen LogP contribution in [-0.4, -0.2) is 23.5 Å². The normalized spacial score (nSPS) is 36.2. The summed E-state index contributed by atoms with van der Waals surface area (Å²) in [6.45, 7) is 7.52. The number of rotatable bonds is 9. The molecule has 3 aliphatic carbocycles. The molecule has 4 rings (SSSR count). The van der Waals surface area contributed by atoms with Gasteiger partial charge in [-0.05, 0) is 85.7 Å². The number of hydrogen-bond acceptors (Lipinski definition) is 4. The molecule has 4 heteroatoms. The van der Waals surface area contributed by atoms with Crippen molar-refractivity contribution in [2.75, 3.05) is 11.9 Å². The Bertz CT molecular complexity index is 808. The first-order chi connectivity index (χ1) is 15.5. The number of ketones is 1. The molecule has 1 aromatic rings. The van der Waals surface area contributed by atoms with Crippen LogP contribution in [0, 0.1) is 46.3 Å². The summed E-state index contributed by atoms with van der Waals surface area (Å²) in [4.78, 5) is 17.6. The lowest BCUT2D eigenvalue weighted by molar-refractivity contribution is -0.128. The van der Waals surface area contributed by atoms with Gasteiger partial charge in [-0.25, -0.2) is 0 Å². The number of pyridine rings is 1. The molecule has 3 saturated carbocycles. The quantitative estimate of drug-likeness (QED) is 0.420. The summed E-state index contributed by atoms with van der Waals surface area (Å²) < 4.78 is 0. The van der Waals surface area contributed by atoms with Crippen LogP contribution in [0.15, 0.2) is 18.3 Å². The minimum Gasteiger partial charge on any atom is -0.376 e. The molecule has 0 saturated heterocycles. The van der Waals surface area contributed by atoms with E-state index < -0.39 is 0 Å². The van der Waals surface area contributed by atoms with Gasteiger partial charge in [0, 0.05) is 18.3 Å². The maximum Gasteiger partial charge on any atom is 0.155 e. The number of nitrogens with zero attached hydrogens (tertiary/aromatic N) is 1. The van der Waals surface area contributed by atoms with Gasteiger partial charge in [-0.2, -0.15) is 0 Å². The van der Waals surface area contributed by atoms with Crippen LogP contribution >= 0.6 is 0 Å². The van der Waals surface area contributed by atoms with Crippen LogP contribution < -0.4 is 5.32 Å². The Hall–Kier alpha value is -1.71. The van der Waals surface area contributed by atoms with E-state index in [9.17, 15) is 4.79 Å². The summed E-state index contributed by atoms with van der Waals surface area (Å²) in [6, 6.07) is 3.77. The van der Waals surface area contributed by atoms with Crippen molar-refractivity contribution in [2.45, 2.75) is 85.0 Å². The van der Waals surface area contributed by atoms with Crippen LogP contribution in [0.4, 0.5) is 5.69 Å². The molecule has 3 fully saturated rings. The third-order valence-electron chi connectivity index (χ3n) is 9.62. The number of carbonyl (C=O) groups is 1. The summed E-state index contributed by atoms with van der Waals surface area (Å²) in [6.07, 6.45) is 16.1. The average Bonchev–Trinajstić information content (AvgIpc) is 3.16. The Morgan fingerprint density at radius 3 is 2.72 bits per heavy atom. The highest BCUT2D eigenvalue weighted by molar-refractivity contribution is 5.88. The molecule has 0 amide bonds. The van der Waals surface area contributed by atoms with E-state index in [0.717, 1.165) is 41.7 Å². The zero-order chi connectivity index (χ0) is 22.7. The summed E-state index contributed by atoms with van der Waals surface area (Å²) in [5.41, 5.74) is 1.56. The van der Waals surface area contributed by atoms with Gasteiger partial charge in [-0.3, -0.25) is 9.78 Å². The molecule has 176 valence electrons. The third-order valence-corrected chi connectivity index (χ3v) is 9.62. The highest BCUT2D eigenvalue weighted by Crippen LogP contribution is 2.63. The molecule has 7 unspecified atom stereocenters. The fourth-order valence-electron chi connectivity index (χ4n) is 8.26. The lowest BCUT2D eigenvalue weighted by Crippen LogP contribution is -2.48. The zero-order valence-electron chi connectivity index (χ0n) is 20.4.